The summed E-state index contributed by atoms with van der Waals surface area (Å²) in [4.78, 5) is 12.1. The number of hydrogen-bond acceptors (Lipinski definition) is 3. The van der Waals surface area contributed by atoms with E-state index in [1.807, 2.05) is 25.1 Å². The Labute approximate surface area is 103 Å². The Hall–Kier alpha value is -1.35. The third-order valence-corrected chi connectivity index (χ3v) is 2.76. The lowest BCUT2D eigenvalue weighted by molar-refractivity contribution is 0.0970. The number of ketones is 1. The zero-order valence-corrected chi connectivity index (χ0v) is 10.8. The Balaban J connectivity index is 2.83. The standard InChI is InChI=1S/C14H21NO2/c1-4-5-11(15)9-13(16)12-8-10(2)6-7-14(12)17-3/h6-8,11H,4-5,9,15H2,1-3H3. The molecule has 0 saturated heterocycles. The lowest BCUT2D eigenvalue weighted by Gasteiger charge is -2.12. The maximum absolute atomic E-state index is 12.1. The van der Waals surface area contributed by atoms with Crippen molar-refractivity contribution in [3.8, 4) is 5.75 Å². The molecule has 94 valence electrons. The third kappa shape index (κ3) is 3.86. The van der Waals surface area contributed by atoms with E-state index in [4.69, 9.17) is 10.5 Å². The normalized spacial score (nSPS) is 12.2. The summed E-state index contributed by atoms with van der Waals surface area (Å²) in [6, 6.07) is 5.56. The highest BCUT2D eigenvalue weighted by molar-refractivity contribution is 5.99. The first-order chi connectivity index (χ1) is 8.08. The highest BCUT2D eigenvalue weighted by Gasteiger charge is 2.15. The number of methoxy groups -OCH3 is 1. The van der Waals surface area contributed by atoms with Crippen LogP contribution in [0.5, 0.6) is 5.75 Å². The molecule has 1 aromatic rings. The first-order valence-electron chi connectivity index (χ1n) is 6.02. The first kappa shape index (κ1) is 13.7. The fourth-order valence-electron chi connectivity index (χ4n) is 1.86. The third-order valence-electron chi connectivity index (χ3n) is 2.76. The molecule has 0 radical (unpaired) electrons. The Morgan fingerprint density at radius 3 is 2.76 bits per heavy atom. The van der Waals surface area contributed by atoms with Gasteiger partial charge in [0.1, 0.15) is 5.75 Å². The van der Waals surface area contributed by atoms with Crippen LogP contribution in [-0.2, 0) is 0 Å². The highest BCUT2D eigenvalue weighted by Crippen LogP contribution is 2.21. The average Bonchev–Trinajstić information content (AvgIpc) is 2.29. The zero-order chi connectivity index (χ0) is 12.8. The summed E-state index contributed by atoms with van der Waals surface area (Å²) in [5, 5.41) is 0. The van der Waals surface area contributed by atoms with Crippen molar-refractivity contribution in [2.45, 2.75) is 39.2 Å². The van der Waals surface area contributed by atoms with E-state index >= 15 is 0 Å². The van der Waals surface area contributed by atoms with Gasteiger partial charge in [-0.15, -0.1) is 0 Å². The van der Waals surface area contributed by atoms with Crippen molar-refractivity contribution in [2.75, 3.05) is 7.11 Å². The van der Waals surface area contributed by atoms with Crippen molar-refractivity contribution in [2.24, 2.45) is 5.73 Å². The van der Waals surface area contributed by atoms with Gasteiger partial charge in [0.25, 0.3) is 0 Å². The molecular formula is C14H21NO2. The monoisotopic (exact) mass is 235 g/mol. The van der Waals surface area contributed by atoms with Crippen LogP contribution in [-0.4, -0.2) is 18.9 Å². The van der Waals surface area contributed by atoms with E-state index < -0.39 is 0 Å². The molecule has 0 bridgehead atoms. The van der Waals surface area contributed by atoms with Crippen molar-refractivity contribution < 1.29 is 9.53 Å². The van der Waals surface area contributed by atoms with E-state index in [2.05, 4.69) is 6.92 Å². The Morgan fingerprint density at radius 2 is 2.18 bits per heavy atom. The van der Waals surface area contributed by atoms with Gasteiger partial charge in [0.05, 0.1) is 12.7 Å². The SMILES string of the molecule is CCCC(N)CC(=O)c1cc(C)ccc1OC. The quantitative estimate of drug-likeness (QED) is 0.771. The fraction of sp³-hybridized carbons (Fsp3) is 0.500. The molecule has 1 rings (SSSR count). The minimum atomic E-state index is -0.0577. The molecule has 1 unspecified atom stereocenters. The number of ether oxygens (including phenoxy) is 1. The number of Topliss-reactive ketones (excluding diaryl/α,β-unsaturated/α-hetero) is 1. The summed E-state index contributed by atoms with van der Waals surface area (Å²) < 4.78 is 5.20. The summed E-state index contributed by atoms with van der Waals surface area (Å²) in [5.41, 5.74) is 7.58. The minimum Gasteiger partial charge on any atom is -0.496 e. The Kier molecular flexibility index (Phi) is 5.16. The second-order valence-electron chi connectivity index (χ2n) is 4.38. The van der Waals surface area contributed by atoms with Crippen molar-refractivity contribution >= 4 is 5.78 Å². The fourth-order valence-corrected chi connectivity index (χ4v) is 1.86. The summed E-state index contributed by atoms with van der Waals surface area (Å²) in [7, 11) is 1.58. The van der Waals surface area contributed by atoms with Gasteiger partial charge in [-0.2, -0.15) is 0 Å². The number of rotatable bonds is 6. The molecule has 2 N–H and O–H groups in total. The summed E-state index contributed by atoms with van der Waals surface area (Å²) in [6.07, 6.45) is 2.26. The van der Waals surface area contributed by atoms with Gasteiger partial charge in [-0.3, -0.25) is 4.79 Å². The van der Waals surface area contributed by atoms with Gasteiger partial charge in [0, 0.05) is 12.5 Å². The molecule has 0 spiro atoms. The van der Waals surface area contributed by atoms with Gasteiger partial charge in [0.2, 0.25) is 0 Å². The van der Waals surface area contributed by atoms with Crippen LogP contribution in [0.15, 0.2) is 18.2 Å². The van der Waals surface area contributed by atoms with Crippen LogP contribution in [0.2, 0.25) is 0 Å². The molecule has 1 aromatic carbocycles. The van der Waals surface area contributed by atoms with Gasteiger partial charge in [-0.1, -0.05) is 25.0 Å². The number of benzene rings is 1. The molecule has 0 amide bonds. The van der Waals surface area contributed by atoms with Gasteiger partial charge in [0.15, 0.2) is 5.78 Å². The van der Waals surface area contributed by atoms with Crippen LogP contribution in [0.4, 0.5) is 0 Å². The Morgan fingerprint density at radius 1 is 1.47 bits per heavy atom. The molecule has 0 heterocycles. The van der Waals surface area contributed by atoms with E-state index in [0.29, 0.717) is 17.7 Å². The first-order valence-corrected chi connectivity index (χ1v) is 6.02. The number of nitrogens with two attached hydrogens (primary N) is 1. The molecule has 0 saturated carbocycles. The lowest BCUT2D eigenvalue weighted by atomic mass is 9.99. The van der Waals surface area contributed by atoms with Gasteiger partial charge in [-0.25, -0.2) is 0 Å². The van der Waals surface area contributed by atoms with Crippen LogP contribution in [0.1, 0.15) is 42.1 Å². The average molecular weight is 235 g/mol. The number of carbonyl (C=O) groups is 1. The lowest BCUT2D eigenvalue weighted by Crippen LogP contribution is -2.23. The summed E-state index contributed by atoms with van der Waals surface area (Å²) in [6.45, 7) is 4.03. The van der Waals surface area contributed by atoms with Crippen LogP contribution >= 0.6 is 0 Å². The smallest absolute Gasteiger partial charge is 0.168 e. The number of carbonyl (C=O) groups excluding carboxylic acids is 1. The number of aryl methyl sites for hydroxylation is 1. The molecule has 0 aromatic heterocycles. The van der Waals surface area contributed by atoms with Crippen molar-refractivity contribution in [3.05, 3.63) is 29.3 Å². The second kappa shape index (κ2) is 6.40. The van der Waals surface area contributed by atoms with Crippen LogP contribution < -0.4 is 10.5 Å². The zero-order valence-electron chi connectivity index (χ0n) is 10.8. The molecule has 0 fully saturated rings. The summed E-state index contributed by atoms with van der Waals surface area (Å²) >= 11 is 0. The molecule has 3 heteroatoms. The molecule has 0 aliphatic rings. The van der Waals surface area contributed by atoms with E-state index in [1.165, 1.54) is 0 Å². The van der Waals surface area contributed by atoms with Crippen molar-refractivity contribution in [1.29, 1.82) is 0 Å². The summed E-state index contributed by atoms with van der Waals surface area (Å²) in [5.74, 6) is 0.691. The largest absolute Gasteiger partial charge is 0.496 e. The molecule has 3 nitrogen and oxygen atoms in total. The molecule has 1 atom stereocenters. The van der Waals surface area contributed by atoms with E-state index in [0.717, 1.165) is 18.4 Å². The van der Waals surface area contributed by atoms with E-state index in [-0.39, 0.29) is 11.8 Å². The van der Waals surface area contributed by atoms with Gasteiger partial charge >= 0.3 is 0 Å². The highest BCUT2D eigenvalue weighted by atomic mass is 16.5. The van der Waals surface area contributed by atoms with Crippen LogP contribution in [0.25, 0.3) is 0 Å². The maximum Gasteiger partial charge on any atom is 0.168 e. The van der Waals surface area contributed by atoms with Crippen LogP contribution in [0.3, 0.4) is 0 Å². The maximum atomic E-state index is 12.1. The van der Waals surface area contributed by atoms with Crippen LogP contribution in [0, 0.1) is 6.92 Å². The van der Waals surface area contributed by atoms with Gasteiger partial charge in [-0.05, 0) is 25.5 Å². The van der Waals surface area contributed by atoms with E-state index in [9.17, 15) is 4.79 Å². The second-order valence-corrected chi connectivity index (χ2v) is 4.38. The van der Waals surface area contributed by atoms with Crippen molar-refractivity contribution in [1.82, 2.24) is 0 Å². The van der Waals surface area contributed by atoms with Crippen molar-refractivity contribution in [3.63, 3.8) is 0 Å². The molecule has 17 heavy (non-hydrogen) atoms. The van der Waals surface area contributed by atoms with E-state index in [1.54, 1.807) is 7.11 Å². The molecule has 0 aliphatic heterocycles. The topological polar surface area (TPSA) is 52.3 Å². The molecular weight excluding hydrogens is 214 g/mol. The molecule has 0 aliphatic carbocycles. The minimum absolute atomic E-state index is 0.0577. The van der Waals surface area contributed by atoms with Gasteiger partial charge < -0.3 is 10.5 Å². The Bertz CT molecular complexity index is 388. The predicted molar refractivity (Wildman–Crippen MR) is 69.6 cm³/mol. The predicted octanol–water partition coefficient (Wildman–Crippen LogP) is 2.70. The number of hydrogen-bond donors (Lipinski definition) is 1.